The average Bonchev–Trinajstić information content (AvgIpc) is 2.47. The van der Waals surface area contributed by atoms with Crippen LogP contribution in [0, 0.1) is 0 Å². The van der Waals surface area contributed by atoms with Crippen molar-refractivity contribution < 1.29 is 32.5 Å². The van der Waals surface area contributed by atoms with E-state index in [1.165, 1.54) is 42.5 Å². The largest absolute Gasteiger partial charge is 0.573 e. The van der Waals surface area contributed by atoms with Gasteiger partial charge in [0.25, 0.3) is 0 Å². The van der Waals surface area contributed by atoms with Gasteiger partial charge in [0.1, 0.15) is 17.1 Å². The number of carbonyl (C=O) groups is 1. The number of carbonyl (C=O) groups excluding carboxylic acids is 1. The molecule has 0 aromatic heterocycles. The third kappa shape index (κ3) is 4.38. The molecule has 23 heavy (non-hydrogen) atoms. The number of esters is 1. The number of benzene rings is 2. The summed E-state index contributed by atoms with van der Waals surface area (Å²) < 4.78 is 45.0. The molecule has 0 bridgehead atoms. The Kier molecular flexibility index (Phi) is 4.78. The zero-order chi connectivity index (χ0) is 17.0. The number of hydrogen-bond acceptors (Lipinski definition) is 4. The van der Waals surface area contributed by atoms with Crippen molar-refractivity contribution >= 4 is 5.97 Å². The molecular weight excluding hydrogens is 313 g/mol. The van der Waals surface area contributed by atoms with E-state index in [1.807, 2.05) is 0 Å². The van der Waals surface area contributed by atoms with Crippen molar-refractivity contribution in [2.45, 2.75) is 13.3 Å². The van der Waals surface area contributed by atoms with Crippen LogP contribution in [-0.4, -0.2) is 24.0 Å². The lowest BCUT2D eigenvalue weighted by molar-refractivity contribution is -0.274. The topological polar surface area (TPSA) is 55.8 Å². The molecule has 0 saturated heterocycles. The molecule has 4 nitrogen and oxygen atoms in total. The van der Waals surface area contributed by atoms with E-state index in [2.05, 4.69) is 4.74 Å². The standard InChI is InChI=1S/C16H13F3O4/c1-2-22-15(21)13-9-11(5-8-14(13)20)10-3-6-12(7-4-10)23-16(17,18)19/h3-9,20H,2H2,1H3. The molecule has 7 heteroatoms. The first kappa shape index (κ1) is 16.7. The molecule has 0 radical (unpaired) electrons. The first-order chi connectivity index (χ1) is 10.8. The fourth-order valence-electron chi connectivity index (χ4n) is 1.94. The van der Waals surface area contributed by atoms with Gasteiger partial charge in [-0.25, -0.2) is 4.79 Å². The van der Waals surface area contributed by atoms with E-state index in [0.717, 1.165) is 0 Å². The van der Waals surface area contributed by atoms with Crippen LogP contribution in [0.4, 0.5) is 13.2 Å². The Morgan fingerprint density at radius 1 is 1.09 bits per heavy atom. The summed E-state index contributed by atoms with van der Waals surface area (Å²) in [6, 6.07) is 9.44. The van der Waals surface area contributed by atoms with Crippen LogP contribution in [0.25, 0.3) is 11.1 Å². The molecule has 0 amide bonds. The monoisotopic (exact) mass is 326 g/mol. The van der Waals surface area contributed by atoms with Gasteiger partial charge in [0, 0.05) is 0 Å². The summed E-state index contributed by atoms with van der Waals surface area (Å²) in [5, 5.41) is 9.70. The molecule has 0 unspecified atom stereocenters. The van der Waals surface area contributed by atoms with Crippen LogP contribution >= 0.6 is 0 Å². The SMILES string of the molecule is CCOC(=O)c1cc(-c2ccc(OC(F)(F)F)cc2)ccc1O. The lowest BCUT2D eigenvalue weighted by Crippen LogP contribution is -2.16. The Hall–Kier alpha value is -2.70. The molecule has 122 valence electrons. The zero-order valence-electron chi connectivity index (χ0n) is 12.1. The van der Waals surface area contributed by atoms with Crippen molar-refractivity contribution in [3.8, 4) is 22.6 Å². The van der Waals surface area contributed by atoms with Crippen LogP contribution < -0.4 is 4.74 Å². The molecular formula is C16H13F3O4. The highest BCUT2D eigenvalue weighted by Crippen LogP contribution is 2.29. The number of ether oxygens (including phenoxy) is 2. The first-order valence-electron chi connectivity index (χ1n) is 6.66. The highest BCUT2D eigenvalue weighted by atomic mass is 19.4. The van der Waals surface area contributed by atoms with Crippen molar-refractivity contribution in [3.63, 3.8) is 0 Å². The van der Waals surface area contributed by atoms with Gasteiger partial charge in [0.15, 0.2) is 0 Å². The first-order valence-corrected chi connectivity index (χ1v) is 6.66. The summed E-state index contributed by atoms with van der Waals surface area (Å²) in [7, 11) is 0. The van der Waals surface area contributed by atoms with E-state index < -0.39 is 12.3 Å². The van der Waals surface area contributed by atoms with E-state index in [1.54, 1.807) is 6.92 Å². The maximum Gasteiger partial charge on any atom is 0.573 e. The van der Waals surface area contributed by atoms with Gasteiger partial charge in [-0.3, -0.25) is 0 Å². The minimum absolute atomic E-state index is 0.0139. The summed E-state index contributed by atoms with van der Waals surface area (Å²) in [5.74, 6) is -1.25. The lowest BCUT2D eigenvalue weighted by Gasteiger charge is -2.10. The average molecular weight is 326 g/mol. The van der Waals surface area contributed by atoms with E-state index >= 15 is 0 Å². The molecule has 0 saturated carbocycles. The Balaban J connectivity index is 2.28. The molecule has 1 N–H and O–H groups in total. The number of halogens is 3. The van der Waals surface area contributed by atoms with E-state index in [4.69, 9.17) is 4.74 Å². The molecule has 2 aromatic carbocycles. The summed E-state index contributed by atoms with van der Waals surface area (Å²) in [4.78, 5) is 11.7. The molecule has 2 aromatic rings. The van der Waals surface area contributed by atoms with Gasteiger partial charge >= 0.3 is 12.3 Å². The fourth-order valence-corrected chi connectivity index (χ4v) is 1.94. The second-order valence-corrected chi connectivity index (χ2v) is 4.52. The molecule has 0 fully saturated rings. The maximum absolute atomic E-state index is 12.1. The summed E-state index contributed by atoms with van der Waals surface area (Å²) in [6.45, 7) is 1.80. The smallest absolute Gasteiger partial charge is 0.507 e. The van der Waals surface area contributed by atoms with Gasteiger partial charge in [-0.2, -0.15) is 0 Å². The third-order valence-electron chi connectivity index (χ3n) is 2.91. The van der Waals surface area contributed by atoms with Gasteiger partial charge in [-0.05, 0) is 42.3 Å². The van der Waals surface area contributed by atoms with E-state index in [-0.39, 0.29) is 23.7 Å². The Bertz CT molecular complexity index is 693. The summed E-state index contributed by atoms with van der Waals surface area (Å²) in [6.07, 6.45) is -4.75. The Morgan fingerprint density at radius 3 is 2.26 bits per heavy atom. The fraction of sp³-hybridized carbons (Fsp3) is 0.188. The van der Waals surface area contributed by atoms with Crippen molar-refractivity contribution in [1.82, 2.24) is 0 Å². The number of rotatable bonds is 4. The van der Waals surface area contributed by atoms with Crippen LogP contribution in [0.3, 0.4) is 0 Å². The van der Waals surface area contributed by atoms with Crippen LogP contribution in [0.2, 0.25) is 0 Å². The molecule has 0 aliphatic heterocycles. The lowest BCUT2D eigenvalue weighted by atomic mass is 10.0. The van der Waals surface area contributed by atoms with Crippen LogP contribution in [-0.2, 0) is 4.74 Å². The number of phenolic OH excluding ortho intramolecular Hbond substituents is 1. The predicted octanol–water partition coefficient (Wildman–Crippen LogP) is 4.13. The molecule has 0 aliphatic carbocycles. The van der Waals surface area contributed by atoms with Crippen molar-refractivity contribution in [3.05, 3.63) is 48.0 Å². The molecule has 2 rings (SSSR count). The number of phenols is 1. The maximum atomic E-state index is 12.1. The van der Waals surface area contributed by atoms with Gasteiger partial charge in [-0.1, -0.05) is 18.2 Å². The van der Waals surface area contributed by atoms with Crippen LogP contribution in [0.15, 0.2) is 42.5 Å². The molecule has 0 atom stereocenters. The minimum atomic E-state index is -4.75. The molecule has 0 spiro atoms. The molecule has 0 aliphatic rings. The van der Waals surface area contributed by atoms with Gasteiger partial charge in [0.2, 0.25) is 0 Å². The van der Waals surface area contributed by atoms with Crippen molar-refractivity contribution in [2.75, 3.05) is 6.61 Å². The Morgan fingerprint density at radius 2 is 1.70 bits per heavy atom. The third-order valence-corrected chi connectivity index (χ3v) is 2.91. The zero-order valence-corrected chi connectivity index (χ0v) is 12.1. The normalized spacial score (nSPS) is 11.1. The predicted molar refractivity (Wildman–Crippen MR) is 76.2 cm³/mol. The molecule has 0 heterocycles. The van der Waals surface area contributed by atoms with Gasteiger partial charge in [0.05, 0.1) is 6.61 Å². The Labute approximate surface area is 130 Å². The van der Waals surface area contributed by atoms with Gasteiger partial charge in [-0.15, -0.1) is 13.2 Å². The van der Waals surface area contributed by atoms with Crippen molar-refractivity contribution in [1.29, 1.82) is 0 Å². The highest BCUT2D eigenvalue weighted by Gasteiger charge is 2.30. The number of aromatic hydroxyl groups is 1. The summed E-state index contributed by atoms with van der Waals surface area (Å²) in [5.41, 5.74) is 1.09. The summed E-state index contributed by atoms with van der Waals surface area (Å²) >= 11 is 0. The second-order valence-electron chi connectivity index (χ2n) is 4.52. The quantitative estimate of drug-likeness (QED) is 0.858. The number of alkyl halides is 3. The van der Waals surface area contributed by atoms with E-state index in [9.17, 15) is 23.1 Å². The second kappa shape index (κ2) is 6.60. The van der Waals surface area contributed by atoms with Gasteiger partial charge < -0.3 is 14.6 Å². The number of hydrogen-bond donors (Lipinski definition) is 1. The van der Waals surface area contributed by atoms with E-state index in [0.29, 0.717) is 11.1 Å². The van der Waals surface area contributed by atoms with Crippen LogP contribution in [0.5, 0.6) is 11.5 Å². The van der Waals surface area contributed by atoms with Crippen LogP contribution in [0.1, 0.15) is 17.3 Å². The minimum Gasteiger partial charge on any atom is -0.507 e. The highest BCUT2D eigenvalue weighted by molar-refractivity contribution is 5.94. The van der Waals surface area contributed by atoms with Crippen molar-refractivity contribution in [2.24, 2.45) is 0 Å².